The Balaban J connectivity index is 2.19. The van der Waals surface area contributed by atoms with Crippen LogP contribution in [0.3, 0.4) is 0 Å². The molecule has 0 spiro atoms. The van der Waals surface area contributed by atoms with E-state index in [2.05, 4.69) is 27.7 Å². The molecule has 4 atom stereocenters. The third-order valence-electron chi connectivity index (χ3n) is 3.44. The Kier molecular flexibility index (Phi) is 3.06. The summed E-state index contributed by atoms with van der Waals surface area (Å²) in [5.41, 5.74) is 0. The minimum Gasteiger partial charge on any atom is -0.369 e. The highest BCUT2D eigenvalue weighted by Gasteiger charge is 2.56. The molecule has 2 fully saturated rings. The van der Waals surface area contributed by atoms with E-state index in [0.29, 0.717) is 11.8 Å². The Morgan fingerprint density at radius 2 is 1.19 bits per heavy atom. The first-order valence-electron chi connectivity index (χ1n) is 6.33. The lowest BCUT2D eigenvalue weighted by Crippen LogP contribution is -2.33. The summed E-state index contributed by atoms with van der Waals surface area (Å²) in [6.45, 7) is 12.7. The van der Waals surface area contributed by atoms with E-state index in [1.165, 1.54) is 0 Å². The van der Waals surface area contributed by atoms with Crippen molar-refractivity contribution in [3.8, 4) is 0 Å². The van der Waals surface area contributed by atoms with Gasteiger partial charge in [0, 0.05) is 0 Å². The van der Waals surface area contributed by atoms with Gasteiger partial charge in [-0.15, -0.1) is 0 Å². The van der Waals surface area contributed by atoms with Crippen molar-refractivity contribution in [3.05, 3.63) is 0 Å². The molecule has 2 aliphatic rings. The Morgan fingerprint density at radius 1 is 0.812 bits per heavy atom. The molecular weight excluding hydrogens is 204 g/mol. The van der Waals surface area contributed by atoms with Crippen molar-refractivity contribution in [1.82, 2.24) is 0 Å². The zero-order valence-corrected chi connectivity index (χ0v) is 11.2. The van der Waals surface area contributed by atoms with Crippen molar-refractivity contribution in [2.24, 2.45) is 11.8 Å². The van der Waals surface area contributed by atoms with E-state index in [1.54, 1.807) is 0 Å². The van der Waals surface area contributed by atoms with Gasteiger partial charge < -0.3 is 14.2 Å². The van der Waals surface area contributed by atoms with Gasteiger partial charge in [0.25, 0.3) is 0 Å². The molecule has 2 heterocycles. The Bertz CT molecular complexity index is 236. The summed E-state index contributed by atoms with van der Waals surface area (Å²) >= 11 is 0. The van der Waals surface area contributed by atoms with Crippen LogP contribution in [0.1, 0.15) is 41.5 Å². The zero-order valence-electron chi connectivity index (χ0n) is 11.2. The lowest BCUT2D eigenvalue weighted by atomic mass is 9.96. The summed E-state index contributed by atoms with van der Waals surface area (Å²) < 4.78 is 18.1. The lowest BCUT2D eigenvalue weighted by Gasteiger charge is -2.27. The summed E-state index contributed by atoms with van der Waals surface area (Å²) in [7, 11) is 0. The van der Waals surface area contributed by atoms with Crippen molar-refractivity contribution in [2.75, 3.05) is 0 Å². The van der Waals surface area contributed by atoms with Gasteiger partial charge in [0.05, 0.1) is 12.2 Å². The van der Waals surface area contributed by atoms with Crippen LogP contribution in [-0.2, 0) is 14.2 Å². The van der Waals surface area contributed by atoms with Gasteiger partial charge in [0.2, 0.25) is 0 Å². The van der Waals surface area contributed by atoms with Crippen LogP contribution in [0.4, 0.5) is 0 Å². The number of hydrogen-bond donors (Lipinski definition) is 0. The molecule has 16 heavy (non-hydrogen) atoms. The summed E-state index contributed by atoms with van der Waals surface area (Å²) in [5.74, 6) is 0.474. The van der Waals surface area contributed by atoms with Crippen molar-refractivity contribution in [2.45, 2.75) is 71.7 Å². The monoisotopic (exact) mass is 228 g/mol. The minimum atomic E-state index is -0.459. The predicted octanol–water partition coefficient (Wildman–Crippen LogP) is 2.59. The molecule has 2 unspecified atom stereocenters. The van der Waals surface area contributed by atoms with E-state index >= 15 is 0 Å². The molecule has 0 aliphatic carbocycles. The first kappa shape index (κ1) is 12.3. The van der Waals surface area contributed by atoms with Gasteiger partial charge in [-0.3, -0.25) is 0 Å². The average molecular weight is 228 g/mol. The van der Waals surface area contributed by atoms with E-state index in [0.717, 1.165) is 0 Å². The topological polar surface area (TPSA) is 27.7 Å². The van der Waals surface area contributed by atoms with Crippen LogP contribution in [0.25, 0.3) is 0 Å². The van der Waals surface area contributed by atoms with Crippen LogP contribution >= 0.6 is 0 Å². The Labute approximate surface area is 98.4 Å². The molecule has 0 amide bonds. The number of hydrogen-bond acceptors (Lipinski definition) is 3. The molecule has 0 aromatic rings. The Hall–Kier alpha value is -0.120. The van der Waals surface area contributed by atoms with E-state index in [4.69, 9.17) is 14.2 Å². The van der Waals surface area contributed by atoms with Crippen molar-refractivity contribution in [1.29, 1.82) is 0 Å². The second-order valence-electron chi connectivity index (χ2n) is 6.12. The molecule has 3 heteroatoms. The molecule has 0 radical (unpaired) electrons. The molecule has 0 saturated carbocycles. The fourth-order valence-electron chi connectivity index (χ4n) is 2.73. The smallest absolute Gasteiger partial charge is 0.164 e. The Morgan fingerprint density at radius 3 is 1.50 bits per heavy atom. The molecule has 2 aliphatic heterocycles. The normalized spacial score (nSPS) is 42.0. The minimum absolute atomic E-state index is 0.0994. The van der Waals surface area contributed by atoms with Crippen LogP contribution in [0, 0.1) is 11.8 Å². The highest BCUT2D eigenvalue weighted by molar-refractivity contribution is 4.99. The molecule has 3 nitrogen and oxygen atoms in total. The first-order valence-corrected chi connectivity index (χ1v) is 6.33. The van der Waals surface area contributed by atoms with E-state index in [-0.39, 0.29) is 24.4 Å². The zero-order chi connectivity index (χ0) is 12.1. The molecule has 0 aromatic carbocycles. The second kappa shape index (κ2) is 3.97. The van der Waals surface area contributed by atoms with Crippen LogP contribution in [-0.4, -0.2) is 30.2 Å². The maximum atomic E-state index is 6.09. The largest absolute Gasteiger partial charge is 0.369 e. The maximum absolute atomic E-state index is 6.09. The standard InChI is InChI=1S/C13H24O3/c1-7(2)9-11-12(10(14-9)8(3)4)16-13(5,6)15-11/h7-12H,1-6H3/t9?,10?,11-,12+. The maximum Gasteiger partial charge on any atom is 0.164 e. The summed E-state index contributed by atoms with van der Waals surface area (Å²) in [6, 6.07) is 0. The first-order chi connectivity index (χ1) is 7.32. The van der Waals surface area contributed by atoms with Gasteiger partial charge in [-0.25, -0.2) is 0 Å². The molecular formula is C13H24O3. The highest BCUT2D eigenvalue weighted by Crippen LogP contribution is 2.42. The van der Waals surface area contributed by atoms with Gasteiger partial charge in [-0.1, -0.05) is 27.7 Å². The van der Waals surface area contributed by atoms with E-state index in [9.17, 15) is 0 Å². The van der Waals surface area contributed by atoms with Crippen LogP contribution < -0.4 is 0 Å². The summed E-state index contributed by atoms with van der Waals surface area (Å²) in [6.07, 6.45) is 0.531. The number of fused-ring (bicyclic) bond motifs is 1. The van der Waals surface area contributed by atoms with E-state index in [1.807, 2.05) is 13.8 Å². The molecule has 2 rings (SSSR count). The van der Waals surface area contributed by atoms with Gasteiger partial charge in [-0.2, -0.15) is 0 Å². The van der Waals surface area contributed by atoms with Gasteiger partial charge in [-0.05, 0) is 25.7 Å². The predicted molar refractivity (Wildman–Crippen MR) is 62.2 cm³/mol. The average Bonchev–Trinajstić information content (AvgIpc) is 2.56. The van der Waals surface area contributed by atoms with Gasteiger partial charge in [0.15, 0.2) is 5.79 Å². The van der Waals surface area contributed by atoms with Gasteiger partial charge in [0.1, 0.15) is 12.2 Å². The highest BCUT2D eigenvalue weighted by atomic mass is 16.8. The number of ether oxygens (including phenoxy) is 3. The van der Waals surface area contributed by atoms with Crippen LogP contribution in [0.5, 0.6) is 0 Å². The molecule has 94 valence electrons. The number of rotatable bonds is 2. The lowest BCUT2D eigenvalue weighted by molar-refractivity contribution is -0.195. The quantitative estimate of drug-likeness (QED) is 0.727. The SMILES string of the molecule is CC(C)C1OC(C(C)C)[C@@H]2OC(C)(C)O[C@H]12. The summed E-state index contributed by atoms with van der Waals surface area (Å²) in [4.78, 5) is 0. The molecule has 0 bridgehead atoms. The molecule has 0 N–H and O–H groups in total. The third kappa shape index (κ3) is 2.01. The van der Waals surface area contributed by atoms with Crippen LogP contribution in [0.15, 0.2) is 0 Å². The van der Waals surface area contributed by atoms with E-state index < -0.39 is 5.79 Å². The van der Waals surface area contributed by atoms with Crippen LogP contribution in [0.2, 0.25) is 0 Å². The second-order valence-corrected chi connectivity index (χ2v) is 6.12. The van der Waals surface area contributed by atoms with Gasteiger partial charge >= 0.3 is 0 Å². The van der Waals surface area contributed by atoms with Crippen molar-refractivity contribution < 1.29 is 14.2 Å². The third-order valence-corrected chi connectivity index (χ3v) is 3.44. The fourth-order valence-corrected chi connectivity index (χ4v) is 2.73. The van der Waals surface area contributed by atoms with Crippen molar-refractivity contribution >= 4 is 0 Å². The summed E-state index contributed by atoms with van der Waals surface area (Å²) in [5, 5.41) is 0. The molecule has 0 aromatic heterocycles. The van der Waals surface area contributed by atoms with Crippen molar-refractivity contribution in [3.63, 3.8) is 0 Å². The fraction of sp³-hybridized carbons (Fsp3) is 1.00. The molecule has 2 saturated heterocycles.